The quantitative estimate of drug-likeness (QED) is 0.807. The average molecular weight is 280 g/mol. The molecule has 0 saturated carbocycles. The third kappa shape index (κ3) is 2.93. The molecular weight excluding hydrogens is 266 g/mol. The van der Waals surface area contributed by atoms with E-state index in [2.05, 4.69) is 10.1 Å². The lowest BCUT2D eigenvalue weighted by atomic mass is 10.2. The number of rotatable bonds is 4. The monoisotopic (exact) mass is 279 g/mol. The summed E-state index contributed by atoms with van der Waals surface area (Å²) >= 11 is 6.25. The number of nitrogens with zero attached hydrogens (tertiary/aromatic N) is 3. The van der Waals surface area contributed by atoms with Crippen LogP contribution in [0, 0.1) is 6.92 Å². The molecule has 0 aromatic carbocycles. The highest BCUT2D eigenvalue weighted by Crippen LogP contribution is 2.29. The van der Waals surface area contributed by atoms with E-state index in [1.54, 1.807) is 24.0 Å². The van der Waals surface area contributed by atoms with Crippen LogP contribution in [0.1, 0.15) is 12.6 Å². The minimum atomic E-state index is -0.328. The Kier molecular flexibility index (Phi) is 4.16. The van der Waals surface area contributed by atoms with Crippen molar-refractivity contribution in [1.82, 2.24) is 14.8 Å². The summed E-state index contributed by atoms with van der Waals surface area (Å²) in [5, 5.41) is 4.90. The van der Waals surface area contributed by atoms with Gasteiger partial charge >= 0.3 is 5.97 Å². The molecule has 0 aliphatic heterocycles. The number of ether oxygens (including phenoxy) is 1. The predicted octanol–water partition coefficient (Wildman–Crippen LogP) is 2.47. The van der Waals surface area contributed by atoms with E-state index >= 15 is 0 Å². The molecule has 0 unspecified atom stereocenters. The molecule has 19 heavy (non-hydrogen) atoms. The highest BCUT2D eigenvalue weighted by molar-refractivity contribution is 6.33. The Bertz CT molecular complexity index is 581. The maximum Gasteiger partial charge on any atom is 0.327 e. The molecule has 2 rings (SSSR count). The van der Waals surface area contributed by atoms with Crippen LogP contribution in [-0.4, -0.2) is 27.3 Å². The van der Waals surface area contributed by atoms with Gasteiger partial charge in [-0.2, -0.15) is 5.10 Å². The minimum Gasteiger partial charge on any atom is -0.465 e. The van der Waals surface area contributed by atoms with Gasteiger partial charge in [0.15, 0.2) is 0 Å². The highest BCUT2D eigenvalue weighted by atomic mass is 35.5. The van der Waals surface area contributed by atoms with E-state index in [4.69, 9.17) is 16.3 Å². The molecule has 2 aromatic heterocycles. The highest BCUT2D eigenvalue weighted by Gasteiger charge is 2.16. The minimum absolute atomic E-state index is 0.0600. The molecule has 0 aliphatic carbocycles. The third-order valence-electron chi connectivity index (χ3n) is 2.67. The van der Waals surface area contributed by atoms with Crippen LogP contribution < -0.4 is 0 Å². The van der Waals surface area contributed by atoms with E-state index in [0.717, 1.165) is 11.3 Å². The zero-order chi connectivity index (χ0) is 13.8. The lowest BCUT2D eigenvalue weighted by Crippen LogP contribution is -2.15. The lowest BCUT2D eigenvalue weighted by molar-refractivity contribution is -0.144. The molecule has 0 spiro atoms. The molecule has 0 amide bonds. The van der Waals surface area contributed by atoms with Crippen LogP contribution in [-0.2, 0) is 16.1 Å². The second-order valence-electron chi connectivity index (χ2n) is 3.95. The zero-order valence-corrected chi connectivity index (χ0v) is 11.5. The Labute approximate surface area is 116 Å². The topological polar surface area (TPSA) is 57.0 Å². The number of halogens is 1. The molecule has 100 valence electrons. The first-order chi connectivity index (χ1) is 9.13. The van der Waals surface area contributed by atoms with E-state index in [-0.39, 0.29) is 12.5 Å². The van der Waals surface area contributed by atoms with E-state index in [1.165, 1.54) is 0 Å². The van der Waals surface area contributed by atoms with Crippen LogP contribution in [0.2, 0.25) is 5.02 Å². The van der Waals surface area contributed by atoms with Crippen LogP contribution in [0.25, 0.3) is 11.3 Å². The van der Waals surface area contributed by atoms with Gasteiger partial charge in [-0.3, -0.25) is 14.5 Å². The van der Waals surface area contributed by atoms with Crippen molar-refractivity contribution in [2.24, 2.45) is 0 Å². The Morgan fingerprint density at radius 1 is 1.42 bits per heavy atom. The van der Waals surface area contributed by atoms with Gasteiger partial charge in [0, 0.05) is 18.0 Å². The fourth-order valence-corrected chi connectivity index (χ4v) is 1.95. The lowest BCUT2D eigenvalue weighted by Gasteiger charge is -2.03. The van der Waals surface area contributed by atoms with Crippen molar-refractivity contribution >= 4 is 17.6 Å². The average Bonchev–Trinajstić information content (AvgIpc) is 2.68. The van der Waals surface area contributed by atoms with Crippen molar-refractivity contribution in [3.8, 4) is 11.3 Å². The number of hydrogen-bond donors (Lipinski definition) is 0. The van der Waals surface area contributed by atoms with Crippen molar-refractivity contribution < 1.29 is 9.53 Å². The molecule has 0 bridgehead atoms. The van der Waals surface area contributed by atoms with Gasteiger partial charge in [-0.1, -0.05) is 11.6 Å². The number of aromatic nitrogens is 3. The summed E-state index contributed by atoms with van der Waals surface area (Å²) < 4.78 is 6.45. The van der Waals surface area contributed by atoms with Crippen LogP contribution in [0.3, 0.4) is 0 Å². The van der Waals surface area contributed by atoms with Crippen LogP contribution >= 0.6 is 11.6 Å². The van der Waals surface area contributed by atoms with Gasteiger partial charge < -0.3 is 4.74 Å². The molecule has 2 heterocycles. The van der Waals surface area contributed by atoms with Crippen LogP contribution in [0.15, 0.2) is 24.5 Å². The molecule has 2 aromatic rings. The van der Waals surface area contributed by atoms with Gasteiger partial charge in [0.1, 0.15) is 12.2 Å². The second-order valence-corrected chi connectivity index (χ2v) is 4.32. The normalized spacial score (nSPS) is 10.5. The molecule has 0 fully saturated rings. The molecule has 0 aliphatic rings. The van der Waals surface area contributed by atoms with Crippen LogP contribution in [0.5, 0.6) is 0 Å². The SMILES string of the molecule is CCOC(=O)Cn1nc(-c2ccncc2)c(Cl)c1C. The van der Waals surface area contributed by atoms with Crippen molar-refractivity contribution in [2.45, 2.75) is 20.4 Å². The largest absolute Gasteiger partial charge is 0.465 e. The number of esters is 1. The first-order valence-corrected chi connectivity index (χ1v) is 6.30. The molecule has 0 N–H and O–H groups in total. The number of hydrogen-bond acceptors (Lipinski definition) is 4. The van der Waals surface area contributed by atoms with Gasteiger partial charge in [-0.25, -0.2) is 0 Å². The van der Waals surface area contributed by atoms with Crippen molar-refractivity contribution in [1.29, 1.82) is 0 Å². The van der Waals surface area contributed by atoms with Gasteiger partial charge in [-0.05, 0) is 26.0 Å². The Morgan fingerprint density at radius 3 is 2.74 bits per heavy atom. The fraction of sp³-hybridized carbons (Fsp3) is 0.308. The van der Waals surface area contributed by atoms with Crippen molar-refractivity contribution in [2.75, 3.05) is 6.61 Å². The third-order valence-corrected chi connectivity index (χ3v) is 3.12. The molecule has 0 saturated heterocycles. The number of pyridine rings is 1. The Balaban J connectivity index is 2.31. The Morgan fingerprint density at radius 2 is 2.11 bits per heavy atom. The molecule has 0 radical (unpaired) electrons. The molecule has 0 atom stereocenters. The summed E-state index contributed by atoms with van der Waals surface area (Å²) in [5.41, 5.74) is 2.25. The maximum atomic E-state index is 11.5. The van der Waals surface area contributed by atoms with E-state index in [0.29, 0.717) is 17.3 Å². The molecular formula is C13H14ClN3O2. The summed E-state index contributed by atoms with van der Waals surface area (Å²) in [6.07, 6.45) is 3.34. The number of carbonyl (C=O) groups excluding carboxylic acids is 1. The summed E-state index contributed by atoms with van der Waals surface area (Å²) in [6.45, 7) is 4.00. The maximum absolute atomic E-state index is 11.5. The Hall–Kier alpha value is -1.88. The first-order valence-electron chi connectivity index (χ1n) is 5.92. The van der Waals surface area contributed by atoms with Gasteiger partial charge in [0.05, 0.1) is 17.3 Å². The van der Waals surface area contributed by atoms with Gasteiger partial charge in [0.25, 0.3) is 0 Å². The predicted molar refractivity (Wildman–Crippen MR) is 71.8 cm³/mol. The summed E-state index contributed by atoms with van der Waals surface area (Å²) in [6, 6.07) is 3.64. The van der Waals surface area contributed by atoms with Gasteiger partial charge in [0.2, 0.25) is 0 Å². The standard InChI is InChI=1S/C13H14ClN3O2/c1-3-19-11(18)8-17-9(2)12(14)13(16-17)10-4-6-15-7-5-10/h4-7H,3,8H2,1-2H3. The van der Waals surface area contributed by atoms with Crippen LogP contribution in [0.4, 0.5) is 0 Å². The summed E-state index contributed by atoms with van der Waals surface area (Å²) in [7, 11) is 0. The van der Waals surface area contributed by atoms with E-state index in [1.807, 2.05) is 19.1 Å². The molecule has 5 nitrogen and oxygen atoms in total. The second kappa shape index (κ2) is 5.84. The first kappa shape index (κ1) is 13.5. The van der Waals surface area contributed by atoms with E-state index < -0.39 is 0 Å². The number of carbonyl (C=O) groups is 1. The molecule has 6 heteroatoms. The van der Waals surface area contributed by atoms with Gasteiger partial charge in [-0.15, -0.1) is 0 Å². The van der Waals surface area contributed by atoms with Crippen molar-refractivity contribution in [3.05, 3.63) is 35.2 Å². The summed E-state index contributed by atoms with van der Waals surface area (Å²) in [5.74, 6) is -0.328. The van der Waals surface area contributed by atoms with E-state index in [9.17, 15) is 4.79 Å². The van der Waals surface area contributed by atoms with Crippen molar-refractivity contribution in [3.63, 3.8) is 0 Å². The summed E-state index contributed by atoms with van der Waals surface area (Å²) in [4.78, 5) is 15.4. The smallest absolute Gasteiger partial charge is 0.327 e. The fourth-order valence-electron chi connectivity index (χ4n) is 1.70. The zero-order valence-electron chi connectivity index (χ0n) is 10.8.